The number of carbonyl (C=O) groups excluding carboxylic acids is 1. The third kappa shape index (κ3) is 4.33. The highest BCUT2D eigenvalue weighted by atomic mass is 32.2. The lowest BCUT2D eigenvalue weighted by Crippen LogP contribution is -2.58. The molecular weight excluding hydrogens is 254 g/mol. The van der Waals surface area contributed by atoms with E-state index >= 15 is 0 Å². The number of hydrogen-bond donors (Lipinski definition) is 2. The number of carbonyl (C=O) groups is 1. The van der Waals surface area contributed by atoms with Crippen molar-refractivity contribution in [1.82, 2.24) is 5.32 Å². The van der Waals surface area contributed by atoms with E-state index in [4.69, 9.17) is 0 Å². The van der Waals surface area contributed by atoms with Crippen molar-refractivity contribution in [2.45, 2.75) is 43.0 Å². The monoisotopic (exact) mass is 273 g/mol. The zero-order valence-electron chi connectivity index (χ0n) is 10.6. The minimum Gasteiger partial charge on any atom is -0.388 e. The number of thioether (sulfide) groups is 1. The summed E-state index contributed by atoms with van der Waals surface area (Å²) in [7, 11) is 0. The van der Waals surface area contributed by atoms with Gasteiger partial charge >= 0.3 is 0 Å². The van der Waals surface area contributed by atoms with Crippen LogP contribution in [0.15, 0.2) is 21.7 Å². The largest absolute Gasteiger partial charge is 0.388 e. The predicted octanol–water partition coefficient (Wildman–Crippen LogP) is 2.51. The summed E-state index contributed by atoms with van der Waals surface area (Å²) in [5.74, 6) is 0.315. The standard InChI is InChI=1S/C12H19NO2S2/c1-11(2,12(3,4)15)13-9(14)8-17-10-6-5-7-16-10/h5-7,15H,8H2,1-4H3,(H,13,14). The Hall–Kier alpha value is -0.520. The minimum absolute atomic E-state index is 0.0597. The number of thiophene rings is 1. The Morgan fingerprint density at radius 1 is 1.47 bits per heavy atom. The average molecular weight is 273 g/mol. The van der Waals surface area contributed by atoms with Crippen LogP contribution in [0.4, 0.5) is 0 Å². The fourth-order valence-corrected chi connectivity index (χ4v) is 2.60. The predicted molar refractivity (Wildman–Crippen MR) is 73.6 cm³/mol. The van der Waals surface area contributed by atoms with Crippen LogP contribution in [0, 0.1) is 0 Å². The Bertz CT molecular complexity index is 366. The zero-order chi connectivity index (χ0) is 13.1. The van der Waals surface area contributed by atoms with Crippen LogP contribution in [0.5, 0.6) is 0 Å². The van der Waals surface area contributed by atoms with E-state index in [0.717, 1.165) is 4.21 Å². The van der Waals surface area contributed by atoms with Crippen molar-refractivity contribution in [2.24, 2.45) is 0 Å². The third-order valence-electron chi connectivity index (χ3n) is 2.82. The number of aliphatic hydroxyl groups is 1. The van der Waals surface area contributed by atoms with E-state index in [9.17, 15) is 9.90 Å². The van der Waals surface area contributed by atoms with Gasteiger partial charge in [-0.2, -0.15) is 0 Å². The Morgan fingerprint density at radius 3 is 2.59 bits per heavy atom. The number of rotatable bonds is 5. The smallest absolute Gasteiger partial charge is 0.230 e. The van der Waals surface area contributed by atoms with Gasteiger partial charge in [0.1, 0.15) is 0 Å². The SMILES string of the molecule is CC(C)(O)C(C)(C)NC(=O)CSc1cccs1. The maximum Gasteiger partial charge on any atom is 0.230 e. The summed E-state index contributed by atoms with van der Waals surface area (Å²) < 4.78 is 1.13. The van der Waals surface area contributed by atoms with Crippen molar-refractivity contribution >= 4 is 29.0 Å². The van der Waals surface area contributed by atoms with E-state index in [1.54, 1.807) is 25.2 Å². The van der Waals surface area contributed by atoms with Gasteiger partial charge in [0.2, 0.25) is 5.91 Å². The van der Waals surface area contributed by atoms with Crippen LogP contribution < -0.4 is 5.32 Å². The van der Waals surface area contributed by atoms with Crippen molar-refractivity contribution < 1.29 is 9.90 Å². The summed E-state index contributed by atoms with van der Waals surface area (Å²) in [6, 6.07) is 3.95. The molecule has 0 aromatic carbocycles. The molecule has 0 saturated carbocycles. The fraction of sp³-hybridized carbons (Fsp3) is 0.583. The summed E-state index contributed by atoms with van der Waals surface area (Å²) in [5.41, 5.74) is -1.59. The van der Waals surface area contributed by atoms with Crippen LogP contribution >= 0.6 is 23.1 Å². The molecule has 96 valence electrons. The lowest BCUT2D eigenvalue weighted by Gasteiger charge is -2.37. The molecule has 1 aromatic rings. The van der Waals surface area contributed by atoms with Crippen LogP contribution in [-0.2, 0) is 4.79 Å². The summed E-state index contributed by atoms with van der Waals surface area (Å²) >= 11 is 3.13. The molecule has 5 heteroatoms. The van der Waals surface area contributed by atoms with Crippen LogP contribution in [-0.4, -0.2) is 27.9 Å². The first-order chi connectivity index (χ1) is 7.72. The second-order valence-corrected chi connectivity index (χ2v) is 7.18. The molecule has 0 saturated heterocycles. The molecule has 1 rings (SSSR count). The molecule has 0 atom stereocenters. The third-order valence-corrected chi connectivity index (χ3v) is 4.95. The Balaban J connectivity index is 2.45. The molecule has 0 spiro atoms. The van der Waals surface area contributed by atoms with Gasteiger partial charge in [-0.15, -0.1) is 23.1 Å². The van der Waals surface area contributed by atoms with E-state index in [1.807, 2.05) is 31.4 Å². The lowest BCUT2D eigenvalue weighted by molar-refractivity contribution is -0.123. The van der Waals surface area contributed by atoms with Crippen molar-refractivity contribution in [3.8, 4) is 0 Å². The highest BCUT2D eigenvalue weighted by molar-refractivity contribution is 8.01. The molecule has 0 unspecified atom stereocenters. The van der Waals surface area contributed by atoms with Crippen LogP contribution in [0.25, 0.3) is 0 Å². The Kier molecular flexibility index (Phi) is 4.63. The van der Waals surface area contributed by atoms with Crippen molar-refractivity contribution in [3.05, 3.63) is 17.5 Å². The van der Waals surface area contributed by atoms with Gasteiger partial charge in [0.05, 0.1) is 21.1 Å². The molecule has 3 nitrogen and oxygen atoms in total. The van der Waals surface area contributed by atoms with E-state index in [0.29, 0.717) is 5.75 Å². The molecule has 1 heterocycles. The number of hydrogen-bond acceptors (Lipinski definition) is 4. The van der Waals surface area contributed by atoms with Crippen molar-refractivity contribution in [2.75, 3.05) is 5.75 Å². The molecule has 0 aliphatic rings. The van der Waals surface area contributed by atoms with Crippen LogP contribution in [0.1, 0.15) is 27.7 Å². The molecule has 1 aromatic heterocycles. The van der Waals surface area contributed by atoms with Gasteiger partial charge in [-0.05, 0) is 39.1 Å². The maximum atomic E-state index is 11.8. The van der Waals surface area contributed by atoms with Gasteiger partial charge in [0.15, 0.2) is 0 Å². The van der Waals surface area contributed by atoms with Crippen molar-refractivity contribution in [3.63, 3.8) is 0 Å². The van der Waals surface area contributed by atoms with Gasteiger partial charge in [-0.1, -0.05) is 6.07 Å². The highest BCUT2D eigenvalue weighted by Gasteiger charge is 2.36. The molecule has 0 radical (unpaired) electrons. The summed E-state index contributed by atoms with van der Waals surface area (Å²) in [6.07, 6.45) is 0. The van der Waals surface area contributed by atoms with E-state index in [1.165, 1.54) is 11.8 Å². The van der Waals surface area contributed by atoms with Gasteiger partial charge in [0.25, 0.3) is 0 Å². The van der Waals surface area contributed by atoms with Crippen LogP contribution in [0.2, 0.25) is 0 Å². The van der Waals surface area contributed by atoms with E-state index in [2.05, 4.69) is 5.32 Å². The zero-order valence-corrected chi connectivity index (χ0v) is 12.2. The maximum absolute atomic E-state index is 11.8. The van der Waals surface area contributed by atoms with Gasteiger partial charge in [-0.3, -0.25) is 4.79 Å². The molecule has 0 bridgehead atoms. The van der Waals surface area contributed by atoms with Crippen LogP contribution in [0.3, 0.4) is 0 Å². The average Bonchev–Trinajstić information content (AvgIpc) is 2.64. The second kappa shape index (κ2) is 5.42. The van der Waals surface area contributed by atoms with Gasteiger partial charge in [-0.25, -0.2) is 0 Å². The van der Waals surface area contributed by atoms with Gasteiger partial charge in [0, 0.05) is 0 Å². The molecule has 2 N–H and O–H groups in total. The summed E-state index contributed by atoms with van der Waals surface area (Å²) in [6.45, 7) is 7.03. The Labute approximate surface area is 111 Å². The first-order valence-corrected chi connectivity index (χ1v) is 7.28. The van der Waals surface area contributed by atoms with E-state index < -0.39 is 11.1 Å². The van der Waals surface area contributed by atoms with Crippen molar-refractivity contribution in [1.29, 1.82) is 0 Å². The summed E-state index contributed by atoms with van der Waals surface area (Å²) in [4.78, 5) is 11.8. The lowest BCUT2D eigenvalue weighted by atomic mass is 9.86. The minimum atomic E-state index is -0.948. The number of nitrogens with one attached hydrogen (secondary N) is 1. The molecule has 0 aliphatic carbocycles. The van der Waals surface area contributed by atoms with Gasteiger partial charge < -0.3 is 10.4 Å². The fourth-order valence-electron chi connectivity index (χ4n) is 1.02. The molecule has 0 fully saturated rings. The quantitative estimate of drug-likeness (QED) is 0.810. The Morgan fingerprint density at radius 2 is 2.12 bits per heavy atom. The highest BCUT2D eigenvalue weighted by Crippen LogP contribution is 2.24. The first kappa shape index (κ1) is 14.5. The first-order valence-electron chi connectivity index (χ1n) is 5.42. The molecule has 1 amide bonds. The summed E-state index contributed by atoms with van der Waals surface area (Å²) in [5, 5.41) is 14.8. The van der Waals surface area contributed by atoms with E-state index in [-0.39, 0.29) is 5.91 Å². The molecule has 17 heavy (non-hydrogen) atoms. The topological polar surface area (TPSA) is 49.3 Å². The molecular formula is C12H19NO2S2. The number of amides is 1. The normalized spacial score (nSPS) is 12.5. The molecule has 0 aliphatic heterocycles. The second-order valence-electron chi connectivity index (χ2n) is 4.95.